The van der Waals surface area contributed by atoms with Crippen molar-refractivity contribution in [3.63, 3.8) is 0 Å². The molecule has 4 nitrogen and oxygen atoms in total. The molecule has 0 spiro atoms. The Morgan fingerprint density at radius 1 is 0.917 bits per heavy atom. The van der Waals surface area contributed by atoms with Crippen LogP contribution in [0.1, 0.15) is 5.56 Å². The van der Waals surface area contributed by atoms with Crippen LogP contribution in [0.2, 0.25) is 0 Å². The minimum absolute atomic E-state index is 0.319. The first-order valence-corrected chi connectivity index (χ1v) is 10.0. The molecule has 1 N–H and O–H groups in total. The lowest BCUT2D eigenvalue weighted by atomic mass is 10.2. The number of hydrogen-bond donors (Lipinski definition) is 1. The second-order valence-corrected chi connectivity index (χ2v) is 8.44. The summed E-state index contributed by atoms with van der Waals surface area (Å²) in [7, 11) is -3.56. The van der Waals surface area contributed by atoms with Gasteiger partial charge in [-0.15, -0.1) is 11.3 Å². The van der Waals surface area contributed by atoms with Crippen LogP contribution in [0.4, 0.5) is 17.1 Å². The fraction of sp³-hybridized carbons (Fsp3) is 0.111. The summed E-state index contributed by atoms with van der Waals surface area (Å²) in [6, 6.07) is 19.1. The lowest BCUT2D eigenvalue weighted by molar-refractivity contribution is 0.603. The maximum absolute atomic E-state index is 12.6. The summed E-state index contributed by atoms with van der Waals surface area (Å²) < 4.78 is 28.2. The van der Waals surface area contributed by atoms with E-state index in [-0.39, 0.29) is 0 Å². The number of para-hydroxylation sites is 3. The van der Waals surface area contributed by atoms with Crippen LogP contribution in [0.3, 0.4) is 0 Å². The first kappa shape index (κ1) is 15.2. The monoisotopic (exact) mass is 356 g/mol. The minimum atomic E-state index is -3.56. The van der Waals surface area contributed by atoms with E-state index in [1.54, 1.807) is 23.6 Å². The van der Waals surface area contributed by atoms with E-state index >= 15 is 0 Å². The van der Waals surface area contributed by atoms with E-state index in [4.69, 9.17) is 0 Å². The molecule has 1 aromatic heterocycles. The number of fused-ring (bicyclic) bond motifs is 1. The van der Waals surface area contributed by atoms with Crippen molar-refractivity contribution < 1.29 is 8.42 Å². The quantitative estimate of drug-likeness (QED) is 0.760. The molecule has 4 rings (SSSR count). The van der Waals surface area contributed by atoms with Gasteiger partial charge in [-0.05, 0) is 41.6 Å². The summed E-state index contributed by atoms with van der Waals surface area (Å²) in [5, 5.41) is 1.76. The molecule has 0 saturated heterocycles. The standard InChI is InChI=1S/C18H16N2O2S2/c21-24(22,18-10-5-13-23-18)19-15-7-2-4-9-17(15)20-12-11-14-6-1-3-8-16(14)20/h1-10,13,19H,11-12H2. The van der Waals surface area contributed by atoms with E-state index < -0.39 is 10.0 Å². The Morgan fingerprint density at radius 3 is 2.46 bits per heavy atom. The van der Waals surface area contributed by atoms with Gasteiger partial charge in [-0.3, -0.25) is 4.72 Å². The third-order valence-electron chi connectivity index (χ3n) is 4.09. The lowest BCUT2D eigenvalue weighted by Gasteiger charge is -2.23. The van der Waals surface area contributed by atoms with Crippen LogP contribution in [0.25, 0.3) is 0 Å². The van der Waals surface area contributed by atoms with Crippen LogP contribution >= 0.6 is 11.3 Å². The van der Waals surface area contributed by atoms with E-state index in [0.717, 1.165) is 24.3 Å². The van der Waals surface area contributed by atoms with Crippen molar-refractivity contribution in [1.82, 2.24) is 0 Å². The minimum Gasteiger partial charge on any atom is -0.339 e. The lowest BCUT2D eigenvalue weighted by Crippen LogP contribution is -2.18. The van der Waals surface area contributed by atoms with Crippen molar-refractivity contribution in [3.8, 4) is 0 Å². The van der Waals surface area contributed by atoms with Crippen molar-refractivity contribution in [3.05, 3.63) is 71.6 Å². The van der Waals surface area contributed by atoms with Crippen LogP contribution in [0, 0.1) is 0 Å². The molecule has 6 heteroatoms. The third kappa shape index (κ3) is 2.68. The fourth-order valence-corrected chi connectivity index (χ4v) is 5.06. The molecule has 2 aromatic carbocycles. The van der Waals surface area contributed by atoms with Gasteiger partial charge in [-0.1, -0.05) is 36.4 Å². The Labute approximate surface area is 145 Å². The zero-order chi connectivity index (χ0) is 16.6. The highest BCUT2D eigenvalue weighted by molar-refractivity contribution is 7.94. The SMILES string of the molecule is O=S(=O)(Nc1ccccc1N1CCc2ccccc21)c1cccs1. The van der Waals surface area contributed by atoms with Gasteiger partial charge in [0.2, 0.25) is 0 Å². The summed E-state index contributed by atoms with van der Waals surface area (Å²) in [4.78, 5) is 2.17. The predicted octanol–water partition coefficient (Wildman–Crippen LogP) is 4.24. The van der Waals surface area contributed by atoms with Gasteiger partial charge in [-0.2, -0.15) is 0 Å². The summed E-state index contributed by atoms with van der Waals surface area (Å²) in [6.07, 6.45) is 0.960. The van der Waals surface area contributed by atoms with E-state index in [0.29, 0.717) is 9.90 Å². The van der Waals surface area contributed by atoms with E-state index in [1.807, 2.05) is 30.3 Å². The number of hydrogen-bond acceptors (Lipinski definition) is 4. The van der Waals surface area contributed by atoms with E-state index in [2.05, 4.69) is 21.8 Å². The Bertz CT molecular complexity index is 966. The molecule has 1 aliphatic rings. The molecule has 2 heterocycles. The molecule has 0 saturated carbocycles. The Kier molecular flexibility index (Phi) is 3.78. The molecule has 0 fully saturated rings. The highest BCUT2D eigenvalue weighted by Crippen LogP contribution is 2.38. The maximum atomic E-state index is 12.6. The third-order valence-corrected chi connectivity index (χ3v) is 6.85. The van der Waals surface area contributed by atoms with Gasteiger partial charge in [0.1, 0.15) is 4.21 Å². The first-order valence-electron chi connectivity index (χ1n) is 7.66. The molecular formula is C18H16N2O2S2. The largest absolute Gasteiger partial charge is 0.339 e. The predicted molar refractivity (Wildman–Crippen MR) is 98.7 cm³/mol. The zero-order valence-electron chi connectivity index (χ0n) is 12.8. The van der Waals surface area contributed by atoms with Gasteiger partial charge >= 0.3 is 0 Å². The second-order valence-electron chi connectivity index (χ2n) is 5.59. The van der Waals surface area contributed by atoms with Gasteiger partial charge in [0.25, 0.3) is 10.0 Å². The van der Waals surface area contributed by atoms with Gasteiger partial charge in [0.05, 0.1) is 11.4 Å². The molecule has 0 unspecified atom stereocenters. The number of thiophene rings is 1. The Hall–Kier alpha value is -2.31. The number of benzene rings is 2. The molecule has 122 valence electrons. The smallest absolute Gasteiger partial charge is 0.271 e. The molecule has 0 amide bonds. The molecule has 0 atom stereocenters. The number of rotatable bonds is 4. The average Bonchev–Trinajstić information content (AvgIpc) is 3.25. The summed E-state index contributed by atoms with van der Waals surface area (Å²) in [5.41, 5.74) is 3.90. The van der Waals surface area contributed by atoms with E-state index in [1.165, 1.54) is 16.9 Å². The van der Waals surface area contributed by atoms with Gasteiger partial charge in [0.15, 0.2) is 0 Å². The van der Waals surface area contributed by atoms with Crippen LogP contribution in [-0.2, 0) is 16.4 Å². The van der Waals surface area contributed by atoms with Crippen molar-refractivity contribution >= 4 is 38.4 Å². The Balaban J connectivity index is 1.73. The van der Waals surface area contributed by atoms with Crippen LogP contribution in [0.5, 0.6) is 0 Å². The normalized spacial score (nSPS) is 13.8. The zero-order valence-corrected chi connectivity index (χ0v) is 14.5. The first-order chi connectivity index (χ1) is 11.6. The van der Waals surface area contributed by atoms with Gasteiger partial charge < -0.3 is 4.90 Å². The van der Waals surface area contributed by atoms with Crippen molar-refractivity contribution in [2.75, 3.05) is 16.2 Å². The highest BCUT2D eigenvalue weighted by Gasteiger charge is 2.24. The van der Waals surface area contributed by atoms with Crippen LogP contribution in [-0.4, -0.2) is 15.0 Å². The van der Waals surface area contributed by atoms with Gasteiger partial charge in [0, 0.05) is 12.2 Å². The van der Waals surface area contributed by atoms with Crippen molar-refractivity contribution in [2.45, 2.75) is 10.6 Å². The molecule has 0 aliphatic carbocycles. The molecule has 0 bridgehead atoms. The average molecular weight is 356 g/mol. The van der Waals surface area contributed by atoms with Crippen molar-refractivity contribution in [1.29, 1.82) is 0 Å². The number of anilines is 3. The second kappa shape index (κ2) is 5.96. The molecule has 0 radical (unpaired) electrons. The summed E-state index contributed by atoms with van der Waals surface area (Å²) in [6.45, 7) is 0.844. The molecule has 1 aliphatic heterocycles. The van der Waals surface area contributed by atoms with Crippen LogP contribution < -0.4 is 9.62 Å². The molecule has 24 heavy (non-hydrogen) atoms. The fourth-order valence-electron chi connectivity index (χ4n) is 3.00. The highest BCUT2D eigenvalue weighted by atomic mass is 32.2. The van der Waals surface area contributed by atoms with Crippen LogP contribution in [0.15, 0.2) is 70.3 Å². The summed E-state index contributed by atoms with van der Waals surface area (Å²) in [5.74, 6) is 0. The maximum Gasteiger partial charge on any atom is 0.271 e. The summed E-state index contributed by atoms with van der Waals surface area (Å²) >= 11 is 1.21. The topological polar surface area (TPSA) is 49.4 Å². The number of sulfonamides is 1. The molecular weight excluding hydrogens is 340 g/mol. The number of nitrogens with zero attached hydrogens (tertiary/aromatic N) is 1. The molecule has 3 aromatic rings. The Morgan fingerprint density at radius 2 is 1.67 bits per heavy atom. The van der Waals surface area contributed by atoms with Gasteiger partial charge in [-0.25, -0.2) is 8.42 Å². The van der Waals surface area contributed by atoms with E-state index in [9.17, 15) is 8.42 Å². The number of nitrogens with one attached hydrogen (secondary N) is 1. The van der Waals surface area contributed by atoms with Crippen molar-refractivity contribution in [2.24, 2.45) is 0 Å².